The molecule has 0 aliphatic carbocycles. The minimum absolute atomic E-state index is 0.172. The van der Waals surface area contributed by atoms with Gasteiger partial charge in [-0.2, -0.15) is 0 Å². The molecule has 0 unspecified atom stereocenters. The zero-order valence-electron chi connectivity index (χ0n) is 18.3. The second kappa shape index (κ2) is 11.3. The van der Waals surface area contributed by atoms with Crippen molar-refractivity contribution < 1.29 is 19.1 Å². The number of aromatic nitrogens is 3. The van der Waals surface area contributed by atoms with Crippen molar-refractivity contribution in [3.8, 4) is 5.75 Å². The number of carbonyl (C=O) groups is 2. The number of nitrogens with one attached hydrogen (secondary N) is 1. The average Bonchev–Trinajstić information content (AvgIpc) is 3.16. The van der Waals surface area contributed by atoms with Gasteiger partial charge in [-0.1, -0.05) is 30.8 Å². The van der Waals surface area contributed by atoms with Crippen LogP contribution in [0.3, 0.4) is 0 Å². The first-order chi connectivity index (χ1) is 15.5. The quantitative estimate of drug-likeness (QED) is 0.367. The number of hydrogen-bond donors (Lipinski definition) is 1. The molecule has 0 atom stereocenters. The Morgan fingerprint density at radius 1 is 1.03 bits per heavy atom. The number of esters is 1. The van der Waals surface area contributed by atoms with E-state index in [2.05, 4.69) is 22.4 Å². The van der Waals surface area contributed by atoms with Crippen LogP contribution < -0.4 is 10.1 Å². The van der Waals surface area contributed by atoms with Crippen molar-refractivity contribution in [1.82, 2.24) is 14.8 Å². The summed E-state index contributed by atoms with van der Waals surface area (Å²) in [4.78, 5) is 24.0. The molecule has 1 aromatic heterocycles. The Morgan fingerprint density at radius 3 is 2.41 bits per heavy atom. The van der Waals surface area contributed by atoms with Gasteiger partial charge in [0.25, 0.3) is 0 Å². The molecule has 0 spiro atoms. The highest BCUT2D eigenvalue weighted by molar-refractivity contribution is 7.99. The molecule has 1 heterocycles. The SMILES string of the molecule is CCOC(=O)c1ccc(NC(=O)CSc2nnc(COc3ccc(CC)cc3)n2C)cc1. The zero-order valence-corrected chi connectivity index (χ0v) is 19.1. The molecule has 1 N–H and O–H groups in total. The van der Waals surface area contributed by atoms with E-state index in [1.165, 1.54) is 17.3 Å². The molecule has 0 fully saturated rings. The van der Waals surface area contributed by atoms with Crippen LogP contribution in [0.25, 0.3) is 0 Å². The Balaban J connectivity index is 1.48. The fourth-order valence-electron chi connectivity index (χ4n) is 2.80. The fraction of sp³-hybridized carbons (Fsp3) is 0.304. The van der Waals surface area contributed by atoms with E-state index in [4.69, 9.17) is 9.47 Å². The number of nitrogens with zero attached hydrogens (tertiary/aromatic N) is 3. The number of rotatable bonds is 10. The van der Waals surface area contributed by atoms with Gasteiger partial charge in [-0.3, -0.25) is 4.79 Å². The van der Waals surface area contributed by atoms with Crippen LogP contribution in [0.5, 0.6) is 5.75 Å². The largest absolute Gasteiger partial charge is 0.486 e. The third-order valence-electron chi connectivity index (χ3n) is 4.64. The number of anilines is 1. The molecule has 9 heteroatoms. The highest BCUT2D eigenvalue weighted by Gasteiger charge is 2.13. The van der Waals surface area contributed by atoms with Crippen LogP contribution in [0.15, 0.2) is 53.7 Å². The van der Waals surface area contributed by atoms with Crippen molar-refractivity contribution in [3.05, 3.63) is 65.5 Å². The summed E-state index contributed by atoms with van der Waals surface area (Å²) < 4.78 is 12.5. The van der Waals surface area contributed by atoms with Gasteiger partial charge in [-0.15, -0.1) is 10.2 Å². The molecule has 1 amide bonds. The topological polar surface area (TPSA) is 95.3 Å². The fourth-order valence-corrected chi connectivity index (χ4v) is 3.53. The summed E-state index contributed by atoms with van der Waals surface area (Å²) in [6, 6.07) is 14.5. The number of hydrogen-bond acceptors (Lipinski definition) is 7. The number of amides is 1. The summed E-state index contributed by atoms with van der Waals surface area (Å²) in [6.07, 6.45) is 0.983. The van der Waals surface area contributed by atoms with E-state index in [0.717, 1.165) is 12.2 Å². The molecule has 32 heavy (non-hydrogen) atoms. The van der Waals surface area contributed by atoms with Gasteiger partial charge >= 0.3 is 5.97 Å². The average molecular weight is 455 g/mol. The molecule has 0 aliphatic heterocycles. The molecule has 0 saturated heterocycles. The van der Waals surface area contributed by atoms with E-state index in [-0.39, 0.29) is 24.2 Å². The Bertz CT molecular complexity index is 1050. The van der Waals surface area contributed by atoms with E-state index in [1.54, 1.807) is 31.2 Å². The molecule has 8 nitrogen and oxygen atoms in total. The van der Waals surface area contributed by atoms with E-state index >= 15 is 0 Å². The third-order valence-corrected chi connectivity index (χ3v) is 5.66. The molecule has 0 radical (unpaired) electrons. The Kier molecular flexibility index (Phi) is 8.27. The van der Waals surface area contributed by atoms with Crippen LogP contribution in [-0.4, -0.2) is 39.0 Å². The van der Waals surface area contributed by atoms with E-state index in [0.29, 0.717) is 28.8 Å². The molecule has 3 aromatic rings. The number of benzene rings is 2. The lowest BCUT2D eigenvalue weighted by atomic mass is 10.2. The summed E-state index contributed by atoms with van der Waals surface area (Å²) in [7, 11) is 1.84. The number of aryl methyl sites for hydroxylation is 1. The van der Waals surface area contributed by atoms with Gasteiger partial charge in [-0.25, -0.2) is 4.79 Å². The highest BCUT2D eigenvalue weighted by Crippen LogP contribution is 2.19. The van der Waals surface area contributed by atoms with Crippen LogP contribution in [0.2, 0.25) is 0 Å². The third kappa shape index (κ3) is 6.34. The normalized spacial score (nSPS) is 10.6. The van der Waals surface area contributed by atoms with Crippen molar-refractivity contribution in [2.45, 2.75) is 32.0 Å². The van der Waals surface area contributed by atoms with Crippen LogP contribution in [0, 0.1) is 0 Å². The summed E-state index contributed by atoms with van der Waals surface area (Å²) >= 11 is 1.28. The van der Waals surface area contributed by atoms with Crippen molar-refractivity contribution in [1.29, 1.82) is 0 Å². The molecule has 3 rings (SSSR count). The lowest BCUT2D eigenvalue weighted by molar-refractivity contribution is -0.113. The van der Waals surface area contributed by atoms with Gasteiger partial charge in [-0.05, 0) is 55.3 Å². The molecular formula is C23H26N4O4S. The van der Waals surface area contributed by atoms with Gasteiger partial charge in [0.2, 0.25) is 5.91 Å². The first kappa shape index (κ1) is 23.3. The van der Waals surface area contributed by atoms with Crippen molar-refractivity contribution in [2.24, 2.45) is 7.05 Å². The van der Waals surface area contributed by atoms with Crippen LogP contribution in [0.4, 0.5) is 5.69 Å². The summed E-state index contributed by atoms with van der Waals surface area (Å²) in [5.74, 6) is 1.04. The summed E-state index contributed by atoms with van der Waals surface area (Å²) in [5.41, 5.74) is 2.29. The maximum atomic E-state index is 12.3. The summed E-state index contributed by atoms with van der Waals surface area (Å²) in [6.45, 7) is 4.46. The molecule has 0 aliphatic rings. The smallest absolute Gasteiger partial charge is 0.338 e. The minimum Gasteiger partial charge on any atom is -0.486 e. The zero-order chi connectivity index (χ0) is 22.9. The lowest BCUT2D eigenvalue weighted by Gasteiger charge is -2.08. The molecular weight excluding hydrogens is 428 g/mol. The predicted molar refractivity (Wildman–Crippen MR) is 123 cm³/mol. The number of ether oxygens (including phenoxy) is 2. The second-order valence-corrected chi connectivity index (χ2v) is 7.82. The van der Waals surface area contributed by atoms with Gasteiger partial charge in [0.1, 0.15) is 12.4 Å². The number of carbonyl (C=O) groups excluding carboxylic acids is 2. The Morgan fingerprint density at radius 2 is 1.75 bits per heavy atom. The molecule has 0 bridgehead atoms. The van der Waals surface area contributed by atoms with E-state index in [1.807, 2.05) is 35.9 Å². The molecule has 2 aromatic carbocycles. The first-order valence-corrected chi connectivity index (χ1v) is 11.3. The van der Waals surface area contributed by atoms with Crippen molar-refractivity contribution >= 4 is 29.3 Å². The van der Waals surface area contributed by atoms with E-state index < -0.39 is 0 Å². The van der Waals surface area contributed by atoms with Gasteiger partial charge in [0, 0.05) is 12.7 Å². The van der Waals surface area contributed by atoms with Crippen LogP contribution >= 0.6 is 11.8 Å². The van der Waals surface area contributed by atoms with E-state index in [9.17, 15) is 9.59 Å². The lowest BCUT2D eigenvalue weighted by Crippen LogP contribution is -2.15. The maximum Gasteiger partial charge on any atom is 0.338 e. The van der Waals surface area contributed by atoms with Crippen molar-refractivity contribution in [3.63, 3.8) is 0 Å². The predicted octanol–water partition coefficient (Wildman–Crippen LogP) is 3.86. The minimum atomic E-state index is -0.388. The van der Waals surface area contributed by atoms with Gasteiger partial charge in [0.15, 0.2) is 11.0 Å². The summed E-state index contributed by atoms with van der Waals surface area (Å²) in [5, 5.41) is 11.7. The highest BCUT2D eigenvalue weighted by atomic mass is 32.2. The first-order valence-electron chi connectivity index (χ1n) is 10.3. The molecule has 0 saturated carbocycles. The van der Waals surface area contributed by atoms with Crippen molar-refractivity contribution in [2.75, 3.05) is 17.7 Å². The standard InChI is InChI=1S/C23H26N4O4S/c1-4-16-6-12-19(13-7-16)31-14-20-25-26-23(27(20)3)32-15-21(28)24-18-10-8-17(9-11-18)22(29)30-5-2/h6-13H,4-5,14-15H2,1-3H3,(H,24,28). The Hall–Kier alpha value is -3.33. The maximum absolute atomic E-state index is 12.3. The van der Waals surface area contributed by atoms with Crippen LogP contribution in [0.1, 0.15) is 35.6 Å². The second-order valence-electron chi connectivity index (χ2n) is 6.88. The monoisotopic (exact) mass is 454 g/mol. The van der Waals surface area contributed by atoms with Gasteiger partial charge in [0.05, 0.1) is 17.9 Å². The van der Waals surface area contributed by atoms with Crippen LogP contribution in [-0.2, 0) is 29.6 Å². The van der Waals surface area contributed by atoms with Gasteiger partial charge < -0.3 is 19.4 Å². The Labute approximate surface area is 191 Å². The molecule has 168 valence electrons. The number of thioether (sulfide) groups is 1.